The Labute approximate surface area is 190 Å². The summed E-state index contributed by atoms with van der Waals surface area (Å²) in [6.07, 6.45) is 6.84. The number of benzene rings is 1. The predicted octanol–water partition coefficient (Wildman–Crippen LogP) is 5.21. The maximum absolute atomic E-state index is 10.8. The first kappa shape index (κ1) is 21.8. The van der Waals surface area contributed by atoms with E-state index >= 15 is 0 Å². The summed E-state index contributed by atoms with van der Waals surface area (Å²) in [4.78, 5) is 27.9. The van der Waals surface area contributed by atoms with Crippen LogP contribution >= 0.6 is 0 Å². The van der Waals surface area contributed by atoms with Crippen LogP contribution in [-0.4, -0.2) is 26.1 Å². The van der Waals surface area contributed by atoms with Crippen molar-refractivity contribution in [3.63, 3.8) is 0 Å². The highest BCUT2D eigenvalue weighted by atomic mass is 16.6. The first-order chi connectivity index (χ1) is 16.1. The van der Waals surface area contributed by atoms with Gasteiger partial charge in [-0.05, 0) is 42.8 Å². The van der Waals surface area contributed by atoms with Crippen LogP contribution in [0.15, 0.2) is 90.3 Å². The molecule has 0 unspecified atom stereocenters. The smallest absolute Gasteiger partial charge is 0.269 e. The monoisotopic (exact) mass is 439 g/mol. The summed E-state index contributed by atoms with van der Waals surface area (Å²) in [5.41, 5.74) is 4.23. The van der Waals surface area contributed by atoms with E-state index in [1.165, 1.54) is 12.1 Å². The Morgan fingerprint density at radius 1 is 0.970 bits per heavy atom. The molecule has 0 fully saturated rings. The Kier molecular flexibility index (Phi) is 6.75. The van der Waals surface area contributed by atoms with Crippen molar-refractivity contribution in [3.8, 4) is 17.1 Å². The van der Waals surface area contributed by atoms with Gasteiger partial charge in [0.15, 0.2) is 0 Å². The molecule has 3 heterocycles. The van der Waals surface area contributed by atoms with Crippen LogP contribution < -0.4 is 4.74 Å². The van der Waals surface area contributed by atoms with Crippen LogP contribution in [0.5, 0.6) is 5.75 Å². The number of nitro groups is 1. The summed E-state index contributed by atoms with van der Waals surface area (Å²) >= 11 is 0. The molecule has 1 aromatic carbocycles. The highest BCUT2D eigenvalue weighted by Crippen LogP contribution is 2.20. The van der Waals surface area contributed by atoms with Gasteiger partial charge in [0.25, 0.3) is 5.69 Å². The van der Waals surface area contributed by atoms with E-state index in [2.05, 4.69) is 19.9 Å². The molecule has 4 rings (SSSR count). The van der Waals surface area contributed by atoms with Crippen molar-refractivity contribution in [3.05, 3.63) is 112 Å². The Morgan fingerprint density at radius 2 is 1.79 bits per heavy atom. The molecule has 33 heavy (non-hydrogen) atoms. The van der Waals surface area contributed by atoms with Crippen molar-refractivity contribution in [1.29, 1.82) is 0 Å². The van der Waals surface area contributed by atoms with E-state index in [9.17, 15) is 10.1 Å². The van der Waals surface area contributed by atoms with E-state index in [4.69, 9.17) is 4.74 Å². The molecule has 3 aromatic heterocycles. The summed E-state index contributed by atoms with van der Waals surface area (Å²) in [6, 6.07) is 19.5. The average Bonchev–Trinajstić information content (AvgIpc) is 2.87. The van der Waals surface area contributed by atoms with E-state index in [0.717, 1.165) is 22.5 Å². The summed E-state index contributed by atoms with van der Waals surface area (Å²) in [5, 5.41) is 10.8. The zero-order valence-corrected chi connectivity index (χ0v) is 17.9. The Bertz CT molecular complexity index is 1230. The molecule has 0 aliphatic carbocycles. The fraction of sp³-hybridized carbons (Fsp3) is 0.120. The molecule has 4 aromatic rings. The molecule has 164 valence electrons. The number of aromatic nitrogens is 3. The first-order valence-electron chi connectivity index (χ1n) is 10.3. The lowest BCUT2D eigenvalue weighted by molar-refractivity contribution is -0.384. The minimum absolute atomic E-state index is 0.0621. The lowest BCUT2D eigenvalue weighted by Crippen LogP contribution is -1.98. The third kappa shape index (κ3) is 5.82. The Morgan fingerprint density at radius 3 is 2.42 bits per heavy atom. The minimum atomic E-state index is -0.418. The molecule has 8 heteroatoms. The molecule has 1 atom stereocenters. The maximum atomic E-state index is 10.8. The molecule has 0 bridgehead atoms. The quantitative estimate of drug-likeness (QED) is 0.212. The molecule has 0 amide bonds. The van der Waals surface area contributed by atoms with Gasteiger partial charge in [-0.2, -0.15) is 0 Å². The van der Waals surface area contributed by atoms with Crippen LogP contribution in [0.2, 0.25) is 0 Å². The van der Waals surface area contributed by atoms with Crippen LogP contribution in [0.4, 0.5) is 5.69 Å². The predicted molar refractivity (Wildman–Crippen MR) is 125 cm³/mol. The summed E-state index contributed by atoms with van der Waals surface area (Å²) in [7, 11) is 0. The van der Waals surface area contributed by atoms with E-state index in [0.29, 0.717) is 18.1 Å². The molecule has 0 N–H and O–H groups in total. The van der Waals surface area contributed by atoms with Crippen LogP contribution in [-0.2, 0) is 6.61 Å². The fourth-order valence-electron chi connectivity index (χ4n) is 3.04. The molecule has 0 aliphatic heterocycles. The van der Waals surface area contributed by atoms with Crippen molar-refractivity contribution in [2.75, 3.05) is 0 Å². The number of pyridine rings is 3. The fourth-order valence-corrected chi connectivity index (χ4v) is 3.04. The second-order valence-corrected chi connectivity index (χ2v) is 7.28. The maximum Gasteiger partial charge on any atom is 0.269 e. The highest BCUT2D eigenvalue weighted by molar-refractivity contribution is 5.77. The van der Waals surface area contributed by atoms with Gasteiger partial charge in [-0.15, -0.1) is 0 Å². The standard InChI is InChI=1S/C25H21N5O3/c1-18(20-6-9-22(10-7-20)30(31)32)27-15-21-8-11-23(16-28-21)33-17-19-5-12-25(29-14-19)24-4-2-3-13-26-24/h2-16,18H,17H2,1H3/t18-/m0/s1. The first-order valence-corrected chi connectivity index (χ1v) is 10.3. The lowest BCUT2D eigenvalue weighted by atomic mass is 10.1. The number of nitro benzene ring substituents is 1. The van der Waals surface area contributed by atoms with Gasteiger partial charge in [-0.25, -0.2) is 0 Å². The second kappa shape index (κ2) is 10.2. The van der Waals surface area contributed by atoms with Gasteiger partial charge in [0, 0.05) is 36.3 Å². The third-order valence-electron chi connectivity index (χ3n) is 4.93. The van der Waals surface area contributed by atoms with Crippen molar-refractivity contribution in [2.24, 2.45) is 4.99 Å². The molecule has 8 nitrogen and oxygen atoms in total. The molecular weight excluding hydrogens is 418 g/mol. The number of nitrogens with zero attached hydrogens (tertiary/aromatic N) is 5. The third-order valence-corrected chi connectivity index (χ3v) is 4.93. The number of aliphatic imine (C=N–C) groups is 1. The molecule has 0 spiro atoms. The van der Waals surface area contributed by atoms with Crippen LogP contribution in [0.1, 0.15) is 29.8 Å². The number of hydrogen-bond acceptors (Lipinski definition) is 7. The van der Waals surface area contributed by atoms with Gasteiger partial charge in [-0.1, -0.05) is 24.3 Å². The molecule has 0 radical (unpaired) electrons. The Hall–Kier alpha value is -4.46. The van der Waals surface area contributed by atoms with Gasteiger partial charge in [0.2, 0.25) is 0 Å². The van der Waals surface area contributed by atoms with E-state index < -0.39 is 4.92 Å². The van der Waals surface area contributed by atoms with Crippen LogP contribution in [0.3, 0.4) is 0 Å². The normalized spacial score (nSPS) is 11.9. The van der Waals surface area contributed by atoms with Gasteiger partial charge < -0.3 is 4.74 Å². The van der Waals surface area contributed by atoms with Crippen LogP contribution in [0.25, 0.3) is 11.4 Å². The zero-order valence-electron chi connectivity index (χ0n) is 17.9. The second-order valence-electron chi connectivity index (χ2n) is 7.28. The number of hydrogen-bond donors (Lipinski definition) is 0. The van der Waals surface area contributed by atoms with E-state index in [-0.39, 0.29) is 11.7 Å². The van der Waals surface area contributed by atoms with Crippen molar-refractivity contribution < 1.29 is 9.66 Å². The number of non-ortho nitro benzene ring substituents is 1. The van der Waals surface area contributed by atoms with Gasteiger partial charge in [0.1, 0.15) is 12.4 Å². The minimum Gasteiger partial charge on any atom is -0.487 e. The van der Waals surface area contributed by atoms with Gasteiger partial charge in [-0.3, -0.25) is 30.1 Å². The SMILES string of the molecule is C[C@H](N=Cc1ccc(OCc2ccc(-c3ccccn3)nc2)cn1)c1ccc([N+](=O)[O-])cc1. The van der Waals surface area contributed by atoms with Crippen LogP contribution in [0, 0.1) is 10.1 Å². The average molecular weight is 439 g/mol. The van der Waals surface area contributed by atoms with Crippen molar-refractivity contribution >= 4 is 11.9 Å². The summed E-state index contributed by atoms with van der Waals surface area (Å²) in [6.45, 7) is 2.30. The lowest BCUT2D eigenvalue weighted by Gasteiger charge is -2.07. The Balaban J connectivity index is 1.31. The highest BCUT2D eigenvalue weighted by Gasteiger charge is 2.08. The molecule has 0 saturated carbocycles. The summed E-state index contributed by atoms with van der Waals surface area (Å²) < 4.78 is 5.80. The largest absolute Gasteiger partial charge is 0.487 e. The molecular formula is C25H21N5O3. The van der Waals surface area contributed by atoms with Crippen molar-refractivity contribution in [1.82, 2.24) is 15.0 Å². The van der Waals surface area contributed by atoms with E-state index in [1.807, 2.05) is 49.4 Å². The summed E-state index contributed by atoms with van der Waals surface area (Å²) in [5.74, 6) is 0.643. The van der Waals surface area contributed by atoms with Gasteiger partial charge >= 0.3 is 0 Å². The number of ether oxygens (including phenoxy) is 1. The molecule has 0 saturated heterocycles. The zero-order chi connectivity index (χ0) is 23.0. The molecule has 0 aliphatic rings. The van der Waals surface area contributed by atoms with Crippen molar-refractivity contribution in [2.45, 2.75) is 19.6 Å². The topological polar surface area (TPSA) is 103 Å². The van der Waals surface area contributed by atoms with E-state index in [1.54, 1.807) is 36.9 Å². The number of rotatable bonds is 8. The van der Waals surface area contributed by atoms with Gasteiger partial charge in [0.05, 0.1) is 34.2 Å².